The number of amides is 2. The van der Waals surface area contributed by atoms with Crippen molar-refractivity contribution in [2.75, 3.05) is 13.1 Å². The Morgan fingerprint density at radius 3 is 2.90 bits per heavy atom. The van der Waals surface area contributed by atoms with Gasteiger partial charge in [-0.2, -0.15) is 0 Å². The molecule has 2 atom stereocenters. The second-order valence-electron chi connectivity index (χ2n) is 5.26. The predicted molar refractivity (Wildman–Crippen MR) is 75.9 cm³/mol. The van der Waals surface area contributed by atoms with E-state index in [1.807, 2.05) is 32.0 Å². The van der Waals surface area contributed by atoms with E-state index in [2.05, 4.69) is 10.3 Å². The fourth-order valence-corrected chi connectivity index (χ4v) is 2.33. The first-order chi connectivity index (χ1) is 9.61. The molecule has 5 heteroatoms. The summed E-state index contributed by atoms with van der Waals surface area (Å²) in [4.78, 5) is 30.0. The number of hydrogen-bond acceptors (Lipinski definition) is 3. The van der Waals surface area contributed by atoms with Crippen LogP contribution >= 0.6 is 0 Å². The zero-order valence-electron chi connectivity index (χ0n) is 12.0. The lowest BCUT2D eigenvalue weighted by Crippen LogP contribution is -2.60. The van der Waals surface area contributed by atoms with Crippen molar-refractivity contribution >= 4 is 11.8 Å². The fraction of sp³-hybridized carbons (Fsp3) is 0.533. The molecule has 0 aromatic carbocycles. The van der Waals surface area contributed by atoms with Gasteiger partial charge in [0.2, 0.25) is 11.8 Å². The molecule has 20 heavy (non-hydrogen) atoms. The molecule has 0 bridgehead atoms. The van der Waals surface area contributed by atoms with Crippen LogP contribution in [0.5, 0.6) is 0 Å². The molecule has 0 saturated carbocycles. The normalized spacial score (nSPS) is 20.7. The van der Waals surface area contributed by atoms with Crippen molar-refractivity contribution in [3.63, 3.8) is 0 Å². The average Bonchev–Trinajstić information content (AvgIpc) is 2.48. The third-order valence-electron chi connectivity index (χ3n) is 3.81. The summed E-state index contributed by atoms with van der Waals surface area (Å²) in [6, 6.07) is 5.34. The van der Waals surface area contributed by atoms with Crippen LogP contribution in [0, 0.1) is 5.92 Å². The first-order valence-electron chi connectivity index (χ1n) is 7.10. The average molecular weight is 275 g/mol. The monoisotopic (exact) mass is 275 g/mol. The standard InChI is InChI=1S/C15H21N3O2/c1-3-11(2)14-15(20)18(10-13(19)17-14)9-7-12-6-4-5-8-16-12/h4-6,8,11,14H,3,7,9-10H2,1-2H3,(H,17,19). The van der Waals surface area contributed by atoms with E-state index in [1.54, 1.807) is 11.1 Å². The van der Waals surface area contributed by atoms with Crippen LogP contribution in [-0.4, -0.2) is 40.8 Å². The Bertz CT molecular complexity index is 475. The molecular formula is C15H21N3O2. The fourth-order valence-electron chi connectivity index (χ4n) is 2.33. The number of rotatable bonds is 5. The van der Waals surface area contributed by atoms with Crippen molar-refractivity contribution in [3.05, 3.63) is 30.1 Å². The number of aromatic nitrogens is 1. The lowest BCUT2D eigenvalue weighted by Gasteiger charge is -2.35. The molecule has 1 aliphatic heterocycles. The smallest absolute Gasteiger partial charge is 0.245 e. The molecule has 5 nitrogen and oxygen atoms in total. The van der Waals surface area contributed by atoms with Crippen LogP contribution in [0.25, 0.3) is 0 Å². The minimum atomic E-state index is -0.384. The van der Waals surface area contributed by atoms with Gasteiger partial charge in [-0.25, -0.2) is 0 Å². The van der Waals surface area contributed by atoms with Gasteiger partial charge in [-0.05, 0) is 18.1 Å². The zero-order valence-corrected chi connectivity index (χ0v) is 12.0. The molecule has 0 spiro atoms. The highest BCUT2D eigenvalue weighted by Gasteiger charge is 2.35. The van der Waals surface area contributed by atoms with Gasteiger partial charge in [0.25, 0.3) is 0 Å². The lowest BCUT2D eigenvalue weighted by molar-refractivity contribution is -0.145. The lowest BCUT2D eigenvalue weighted by atomic mass is 9.96. The first kappa shape index (κ1) is 14.5. The summed E-state index contributed by atoms with van der Waals surface area (Å²) in [5.74, 6) is 0.106. The second-order valence-corrected chi connectivity index (χ2v) is 5.26. The summed E-state index contributed by atoms with van der Waals surface area (Å²) in [5.41, 5.74) is 0.936. The van der Waals surface area contributed by atoms with Crippen molar-refractivity contribution < 1.29 is 9.59 Å². The number of nitrogens with one attached hydrogen (secondary N) is 1. The third-order valence-corrected chi connectivity index (χ3v) is 3.81. The molecule has 1 aromatic heterocycles. The van der Waals surface area contributed by atoms with E-state index in [0.29, 0.717) is 13.0 Å². The molecule has 2 unspecified atom stereocenters. The highest BCUT2D eigenvalue weighted by molar-refractivity contribution is 5.95. The Hall–Kier alpha value is -1.91. The minimum Gasteiger partial charge on any atom is -0.342 e. The molecule has 1 fully saturated rings. The van der Waals surface area contributed by atoms with E-state index in [-0.39, 0.29) is 30.3 Å². The summed E-state index contributed by atoms with van der Waals surface area (Å²) in [6.45, 7) is 4.71. The molecule has 2 heterocycles. The van der Waals surface area contributed by atoms with E-state index >= 15 is 0 Å². The van der Waals surface area contributed by atoms with E-state index in [4.69, 9.17) is 0 Å². The van der Waals surface area contributed by atoms with Gasteiger partial charge in [-0.3, -0.25) is 14.6 Å². The summed E-state index contributed by atoms with van der Waals surface area (Å²) < 4.78 is 0. The zero-order chi connectivity index (χ0) is 14.5. The van der Waals surface area contributed by atoms with Crippen LogP contribution in [0.4, 0.5) is 0 Å². The molecule has 2 amide bonds. The van der Waals surface area contributed by atoms with E-state index in [9.17, 15) is 9.59 Å². The minimum absolute atomic E-state index is 0.0230. The van der Waals surface area contributed by atoms with Gasteiger partial charge < -0.3 is 10.2 Å². The molecule has 108 valence electrons. The molecule has 1 saturated heterocycles. The largest absolute Gasteiger partial charge is 0.342 e. The Kier molecular flexibility index (Phi) is 4.71. The number of carbonyl (C=O) groups is 2. The second kappa shape index (κ2) is 6.50. The van der Waals surface area contributed by atoms with Crippen LogP contribution in [0.2, 0.25) is 0 Å². The van der Waals surface area contributed by atoms with Gasteiger partial charge in [0, 0.05) is 24.9 Å². The predicted octanol–water partition coefficient (Wildman–Crippen LogP) is 0.997. The molecule has 0 radical (unpaired) electrons. The number of pyridine rings is 1. The Morgan fingerprint density at radius 2 is 2.25 bits per heavy atom. The quantitative estimate of drug-likeness (QED) is 0.872. The van der Waals surface area contributed by atoms with Gasteiger partial charge in [-0.1, -0.05) is 26.3 Å². The Morgan fingerprint density at radius 1 is 1.45 bits per heavy atom. The first-order valence-corrected chi connectivity index (χ1v) is 7.10. The van der Waals surface area contributed by atoms with Crippen LogP contribution in [0.3, 0.4) is 0 Å². The maximum Gasteiger partial charge on any atom is 0.245 e. The summed E-state index contributed by atoms with van der Waals surface area (Å²) in [5, 5.41) is 2.80. The summed E-state index contributed by atoms with van der Waals surface area (Å²) in [7, 11) is 0. The molecule has 2 rings (SSSR count). The number of carbonyl (C=O) groups excluding carboxylic acids is 2. The highest BCUT2D eigenvalue weighted by atomic mass is 16.2. The van der Waals surface area contributed by atoms with Crippen molar-refractivity contribution in [2.45, 2.75) is 32.7 Å². The van der Waals surface area contributed by atoms with E-state index in [1.165, 1.54) is 0 Å². The Balaban J connectivity index is 1.99. The summed E-state index contributed by atoms with van der Waals surface area (Å²) >= 11 is 0. The third kappa shape index (κ3) is 3.35. The molecule has 0 aliphatic carbocycles. The van der Waals surface area contributed by atoms with Crippen LogP contribution in [0.15, 0.2) is 24.4 Å². The van der Waals surface area contributed by atoms with Gasteiger partial charge in [0.1, 0.15) is 6.04 Å². The number of hydrogen-bond donors (Lipinski definition) is 1. The number of nitrogens with zero attached hydrogens (tertiary/aromatic N) is 2. The number of piperazine rings is 1. The van der Waals surface area contributed by atoms with Gasteiger partial charge >= 0.3 is 0 Å². The van der Waals surface area contributed by atoms with Crippen LogP contribution in [-0.2, 0) is 16.0 Å². The highest BCUT2D eigenvalue weighted by Crippen LogP contribution is 2.14. The molecule has 1 N–H and O–H groups in total. The topological polar surface area (TPSA) is 62.3 Å². The van der Waals surface area contributed by atoms with Crippen LogP contribution in [0.1, 0.15) is 26.0 Å². The van der Waals surface area contributed by atoms with E-state index < -0.39 is 0 Å². The van der Waals surface area contributed by atoms with E-state index in [0.717, 1.165) is 12.1 Å². The van der Waals surface area contributed by atoms with Crippen LogP contribution < -0.4 is 5.32 Å². The van der Waals surface area contributed by atoms with Gasteiger partial charge in [0.05, 0.1) is 6.54 Å². The van der Waals surface area contributed by atoms with Gasteiger partial charge in [0.15, 0.2) is 0 Å². The maximum absolute atomic E-state index is 12.4. The maximum atomic E-state index is 12.4. The molecule has 1 aromatic rings. The van der Waals surface area contributed by atoms with Crippen molar-refractivity contribution in [1.29, 1.82) is 0 Å². The summed E-state index contributed by atoms with van der Waals surface area (Å²) in [6.07, 6.45) is 3.28. The van der Waals surface area contributed by atoms with Crippen molar-refractivity contribution in [1.82, 2.24) is 15.2 Å². The SMILES string of the molecule is CCC(C)C1NC(=O)CN(CCc2ccccn2)C1=O. The van der Waals surface area contributed by atoms with Crippen molar-refractivity contribution in [3.8, 4) is 0 Å². The molecule has 1 aliphatic rings. The molecular weight excluding hydrogens is 254 g/mol. The Labute approximate surface area is 119 Å². The van der Waals surface area contributed by atoms with Crippen molar-refractivity contribution in [2.24, 2.45) is 5.92 Å². The van der Waals surface area contributed by atoms with Gasteiger partial charge in [-0.15, -0.1) is 0 Å².